The summed E-state index contributed by atoms with van der Waals surface area (Å²) in [4.78, 5) is 24.8. The Morgan fingerprint density at radius 1 is 0.966 bits per heavy atom. The molecule has 0 saturated heterocycles. The highest BCUT2D eigenvalue weighted by molar-refractivity contribution is 6.01. The van der Waals surface area contributed by atoms with Crippen molar-refractivity contribution in [3.8, 4) is 11.5 Å². The van der Waals surface area contributed by atoms with E-state index in [0.29, 0.717) is 28.6 Å². The van der Waals surface area contributed by atoms with Crippen molar-refractivity contribution in [2.75, 3.05) is 0 Å². The van der Waals surface area contributed by atoms with Crippen molar-refractivity contribution in [1.82, 2.24) is 0 Å². The lowest BCUT2D eigenvalue weighted by Gasteiger charge is -2.32. The molecule has 3 rings (SSSR count). The van der Waals surface area contributed by atoms with Crippen molar-refractivity contribution in [2.24, 2.45) is 5.92 Å². The first-order valence-corrected chi connectivity index (χ1v) is 10.0. The number of rotatable bonds is 5. The average molecular weight is 392 g/mol. The van der Waals surface area contributed by atoms with E-state index in [1.165, 1.54) is 0 Å². The van der Waals surface area contributed by atoms with Gasteiger partial charge in [0.15, 0.2) is 0 Å². The topological polar surface area (TPSA) is 52.6 Å². The Labute approximate surface area is 172 Å². The molecule has 4 heteroatoms. The predicted molar refractivity (Wildman–Crippen MR) is 115 cm³/mol. The van der Waals surface area contributed by atoms with Crippen LogP contribution in [0, 0.1) is 5.92 Å². The van der Waals surface area contributed by atoms with E-state index < -0.39 is 11.9 Å². The Hall–Kier alpha value is -2.88. The summed E-state index contributed by atoms with van der Waals surface area (Å²) in [6.07, 6.45) is 2.74. The molecule has 0 saturated carbocycles. The second kappa shape index (κ2) is 8.24. The third-order valence-corrected chi connectivity index (χ3v) is 5.46. The van der Waals surface area contributed by atoms with Gasteiger partial charge in [-0.05, 0) is 44.9 Å². The van der Waals surface area contributed by atoms with Crippen molar-refractivity contribution < 1.29 is 19.1 Å². The van der Waals surface area contributed by atoms with Crippen molar-refractivity contribution in [2.45, 2.75) is 52.9 Å². The Morgan fingerprint density at radius 3 is 2.00 bits per heavy atom. The molecule has 0 fully saturated rings. The molecule has 29 heavy (non-hydrogen) atoms. The van der Waals surface area contributed by atoms with Crippen LogP contribution < -0.4 is 9.47 Å². The van der Waals surface area contributed by atoms with Gasteiger partial charge in [-0.3, -0.25) is 0 Å². The minimum atomic E-state index is -0.448. The fraction of sp³-hybridized carbons (Fsp3) is 0.360. The maximum absolute atomic E-state index is 12.5. The summed E-state index contributed by atoms with van der Waals surface area (Å²) in [6, 6.07) is 7.58. The zero-order valence-corrected chi connectivity index (χ0v) is 17.6. The van der Waals surface area contributed by atoms with Crippen molar-refractivity contribution in [3.05, 3.63) is 59.7 Å². The van der Waals surface area contributed by atoms with Crippen LogP contribution in [-0.4, -0.2) is 11.9 Å². The zero-order chi connectivity index (χ0) is 21.3. The molecule has 0 N–H and O–H groups in total. The largest absolute Gasteiger partial charge is 0.422 e. The van der Waals surface area contributed by atoms with Crippen LogP contribution in [0.4, 0.5) is 0 Å². The van der Waals surface area contributed by atoms with Crippen LogP contribution in [0.5, 0.6) is 11.5 Å². The highest BCUT2D eigenvalue weighted by Gasteiger charge is 2.33. The SMILES string of the molecule is C=C(C)C(=O)Oc1c2c(c(OC(=O)C(=C)C)c3ccccc13)C(C(C)C)CCC2. The quantitative estimate of drug-likeness (QED) is 0.362. The van der Waals surface area contributed by atoms with E-state index in [4.69, 9.17) is 9.47 Å². The van der Waals surface area contributed by atoms with Crippen LogP contribution in [0.2, 0.25) is 0 Å². The van der Waals surface area contributed by atoms with Crippen LogP contribution in [0.3, 0.4) is 0 Å². The molecule has 0 aromatic heterocycles. The van der Waals surface area contributed by atoms with Gasteiger partial charge in [0, 0.05) is 33.0 Å². The number of fused-ring (bicyclic) bond motifs is 2. The summed E-state index contributed by atoms with van der Waals surface area (Å²) in [5.74, 6) is 0.787. The number of ether oxygens (including phenoxy) is 2. The van der Waals surface area contributed by atoms with E-state index in [9.17, 15) is 9.59 Å². The summed E-state index contributed by atoms with van der Waals surface area (Å²) in [5.41, 5.74) is 2.62. The minimum Gasteiger partial charge on any atom is -0.422 e. The summed E-state index contributed by atoms with van der Waals surface area (Å²) in [5, 5.41) is 1.52. The molecule has 4 nitrogen and oxygen atoms in total. The normalized spacial score (nSPS) is 15.7. The number of esters is 2. The molecule has 0 bridgehead atoms. The Kier molecular flexibility index (Phi) is 5.92. The van der Waals surface area contributed by atoms with E-state index in [-0.39, 0.29) is 5.92 Å². The molecule has 1 unspecified atom stereocenters. The molecule has 152 valence electrons. The highest BCUT2D eigenvalue weighted by Crippen LogP contribution is 2.50. The standard InChI is InChI=1S/C25H28O4/c1-14(2)17-12-9-13-20-21(17)23(29-25(27)16(5)6)19-11-8-7-10-18(19)22(20)28-24(26)15(3)4/h7-8,10-11,14,17H,3,5,9,12-13H2,1-2,4,6H3. The second-order valence-electron chi connectivity index (χ2n) is 8.18. The lowest BCUT2D eigenvalue weighted by atomic mass is 9.75. The molecule has 0 radical (unpaired) electrons. The van der Waals surface area contributed by atoms with E-state index >= 15 is 0 Å². The van der Waals surface area contributed by atoms with Gasteiger partial charge in [-0.2, -0.15) is 0 Å². The van der Waals surface area contributed by atoms with E-state index in [0.717, 1.165) is 41.2 Å². The van der Waals surface area contributed by atoms with Gasteiger partial charge in [-0.15, -0.1) is 0 Å². The number of benzene rings is 2. The van der Waals surface area contributed by atoms with Gasteiger partial charge in [0.05, 0.1) is 0 Å². The smallest absolute Gasteiger partial charge is 0.338 e. The molecule has 2 aromatic rings. The maximum atomic E-state index is 12.5. The zero-order valence-electron chi connectivity index (χ0n) is 17.6. The first kappa shape index (κ1) is 20.8. The lowest BCUT2D eigenvalue weighted by Crippen LogP contribution is -2.21. The van der Waals surface area contributed by atoms with Crippen molar-refractivity contribution >= 4 is 22.7 Å². The molecule has 2 aromatic carbocycles. The highest BCUT2D eigenvalue weighted by atomic mass is 16.5. The van der Waals surface area contributed by atoms with Gasteiger partial charge >= 0.3 is 11.9 Å². The fourth-order valence-electron chi connectivity index (χ4n) is 3.98. The van der Waals surface area contributed by atoms with E-state index in [1.807, 2.05) is 24.3 Å². The number of hydrogen-bond donors (Lipinski definition) is 0. The summed E-state index contributed by atoms with van der Waals surface area (Å²) in [6.45, 7) is 15.0. The van der Waals surface area contributed by atoms with Crippen molar-refractivity contribution in [1.29, 1.82) is 0 Å². The van der Waals surface area contributed by atoms with Crippen LogP contribution >= 0.6 is 0 Å². The van der Waals surface area contributed by atoms with Gasteiger partial charge in [-0.1, -0.05) is 51.3 Å². The molecule has 0 amide bonds. The molecular weight excluding hydrogens is 364 g/mol. The second-order valence-corrected chi connectivity index (χ2v) is 8.18. The van der Waals surface area contributed by atoms with Crippen LogP contribution in [-0.2, 0) is 16.0 Å². The third-order valence-electron chi connectivity index (χ3n) is 5.46. The first-order valence-electron chi connectivity index (χ1n) is 10.0. The van der Waals surface area contributed by atoms with E-state index in [1.54, 1.807) is 13.8 Å². The Morgan fingerprint density at radius 2 is 1.48 bits per heavy atom. The van der Waals surface area contributed by atoms with Gasteiger partial charge in [0.1, 0.15) is 11.5 Å². The molecule has 1 atom stereocenters. The van der Waals surface area contributed by atoms with Crippen LogP contribution in [0.1, 0.15) is 57.6 Å². The summed E-state index contributed by atoms with van der Waals surface area (Å²) >= 11 is 0. The van der Waals surface area contributed by atoms with Gasteiger partial charge in [0.25, 0.3) is 0 Å². The minimum absolute atomic E-state index is 0.207. The Balaban J connectivity index is 2.35. The van der Waals surface area contributed by atoms with Crippen LogP contribution in [0.25, 0.3) is 10.8 Å². The first-order chi connectivity index (χ1) is 13.7. The number of carbonyl (C=O) groups excluding carboxylic acids is 2. The van der Waals surface area contributed by atoms with Gasteiger partial charge in [-0.25, -0.2) is 9.59 Å². The Bertz CT molecular complexity index is 1010. The fourth-order valence-corrected chi connectivity index (χ4v) is 3.98. The number of hydrogen-bond acceptors (Lipinski definition) is 4. The average Bonchev–Trinajstić information content (AvgIpc) is 2.69. The number of carbonyl (C=O) groups is 2. The molecule has 0 spiro atoms. The van der Waals surface area contributed by atoms with Gasteiger partial charge < -0.3 is 9.47 Å². The van der Waals surface area contributed by atoms with E-state index in [2.05, 4.69) is 27.0 Å². The van der Waals surface area contributed by atoms with Gasteiger partial charge in [0.2, 0.25) is 0 Å². The summed E-state index contributed by atoms with van der Waals surface area (Å²) < 4.78 is 11.7. The molecule has 0 heterocycles. The molecule has 0 aliphatic heterocycles. The molecule has 1 aliphatic rings. The molecule has 1 aliphatic carbocycles. The third kappa shape index (κ3) is 3.98. The van der Waals surface area contributed by atoms with Crippen LogP contribution in [0.15, 0.2) is 48.6 Å². The summed E-state index contributed by atoms with van der Waals surface area (Å²) in [7, 11) is 0. The predicted octanol–water partition coefficient (Wildman–Crippen LogP) is 5.88. The monoisotopic (exact) mass is 392 g/mol. The molecular formula is C25H28O4. The lowest BCUT2D eigenvalue weighted by molar-refractivity contribution is -0.131. The van der Waals surface area contributed by atoms with Crippen molar-refractivity contribution in [3.63, 3.8) is 0 Å². The maximum Gasteiger partial charge on any atom is 0.338 e.